The fourth-order valence-corrected chi connectivity index (χ4v) is 4.09. The van der Waals surface area contributed by atoms with Crippen LogP contribution >= 0.6 is 0 Å². The minimum atomic E-state index is -0.506. The van der Waals surface area contributed by atoms with Crippen molar-refractivity contribution >= 4 is 23.3 Å². The zero-order valence-corrected chi connectivity index (χ0v) is 24.5. The molecule has 3 aromatic rings. The van der Waals surface area contributed by atoms with Gasteiger partial charge in [-0.15, -0.1) is 0 Å². The molecule has 0 saturated carbocycles. The van der Waals surface area contributed by atoms with Crippen LogP contribution in [0.3, 0.4) is 0 Å². The second-order valence-corrected chi connectivity index (χ2v) is 10.1. The van der Waals surface area contributed by atoms with Crippen molar-refractivity contribution in [3.63, 3.8) is 0 Å². The van der Waals surface area contributed by atoms with E-state index < -0.39 is 5.97 Å². The molecule has 0 aliphatic rings. The molecule has 0 unspecified atom stereocenters. The largest absolute Gasteiger partial charge is 0.494 e. The van der Waals surface area contributed by atoms with Gasteiger partial charge in [0, 0.05) is 0 Å². The lowest BCUT2D eigenvalue weighted by Crippen LogP contribution is -2.15. The maximum Gasteiger partial charge on any atom is 0.343 e. The molecule has 0 aromatic heterocycles. The lowest BCUT2D eigenvalue weighted by molar-refractivity contribution is 0.0320. The van der Waals surface area contributed by atoms with E-state index in [2.05, 4.69) is 24.1 Å². The summed E-state index contributed by atoms with van der Waals surface area (Å²) in [5.41, 5.74) is 2.12. The van der Waals surface area contributed by atoms with Gasteiger partial charge in [-0.2, -0.15) is 10.2 Å². The smallest absolute Gasteiger partial charge is 0.343 e. The summed E-state index contributed by atoms with van der Waals surface area (Å²) in [4.78, 5) is 24.9. The Morgan fingerprint density at radius 1 is 0.634 bits per heavy atom. The Kier molecular flexibility index (Phi) is 13.6. The Balaban J connectivity index is 1.44. The molecule has 7 nitrogen and oxygen atoms in total. The van der Waals surface area contributed by atoms with E-state index >= 15 is 0 Å². The highest BCUT2D eigenvalue weighted by Gasteiger charge is 2.13. The van der Waals surface area contributed by atoms with Crippen molar-refractivity contribution in [1.29, 1.82) is 0 Å². The third-order valence-electron chi connectivity index (χ3n) is 6.56. The zero-order valence-electron chi connectivity index (χ0n) is 24.5. The van der Waals surface area contributed by atoms with E-state index in [-0.39, 0.29) is 12.1 Å². The van der Waals surface area contributed by atoms with Crippen LogP contribution in [0.15, 0.2) is 83.0 Å². The van der Waals surface area contributed by atoms with Crippen molar-refractivity contribution in [1.82, 2.24) is 0 Å². The van der Waals surface area contributed by atoms with E-state index in [9.17, 15) is 9.59 Å². The molecule has 0 spiro atoms. The molecule has 0 N–H and O–H groups in total. The summed E-state index contributed by atoms with van der Waals surface area (Å²) in [5.74, 6) is 0.276. The third kappa shape index (κ3) is 11.6. The van der Waals surface area contributed by atoms with Gasteiger partial charge >= 0.3 is 11.9 Å². The Bertz CT molecular complexity index is 1220. The maximum atomic E-state index is 12.6. The highest BCUT2D eigenvalue weighted by Crippen LogP contribution is 2.23. The number of carbonyl (C=O) groups is 2. The SMILES string of the molecule is CCCCCCCCOc1ccc(N=Nc2ccc(C(=O)Oc3ccc(C(=O)O[C@@H](C)CCCC)cc3)cc2)cc1. The second kappa shape index (κ2) is 17.6. The molecule has 7 heteroatoms. The van der Waals surface area contributed by atoms with Gasteiger partial charge in [0.25, 0.3) is 0 Å². The summed E-state index contributed by atoms with van der Waals surface area (Å²) in [6, 6.07) is 20.6. The topological polar surface area (TPSA) is 86.5 Å². The fourth-order valence-electron chi connectivity index (χ4n) is 4.09. The van der Waals surface area contributed by atoms with E-state index in [0.29, 0.717) is 28.3 Å². The van der Waals surface area contributed by atoms with Crippen LogP contribution in [-0.2, 0) is 4.74 Å². The standard InChI is InChI=1S/C34H42N2O5/c1-4-6-8-9-10-11-25-39-31-23-19-30(20-24-31)36-35-29-17-13-27(14-18-29)34(38)41-32-21-15-28(16-22-32)33(37)40-26(3)12-7-5-2/h13-24,26H,4-12,25H2,1-3H3/t26-/m0/s1. The molecule has 41 heavy (non-hydrogen) atoms. The molecule has 3 rings (SSSR count). The molecule has 218 valence electrons. The quantitative estimate of drug-likeness (QED) is 0.0712. The first-order valence-corrected chi connectivity index (χ1v) is 14.8. The lowest BCUT2D eigenvalue weighted by atomic mass is 10.1. The molecular formula is C34H42N2O5. The number of nitrogens with zero attached hydrogens (tertiary/aromatic N) is 2. The number of hydrogen-bond acceptors (Lipinski definition) is 7. The maximum absolute atomic E-state index is 12.6. The number of rotatable bonds is 17. The van der Waals surface area contributed by atoms with Crippen LogP contribution in [0.4, 0.5) is 11.4 Å². The molecule has 0 amide bonds. The van der Waals surface area contributed by atoms with Gasteiger partial charge in [0.05, 0.1) is 35.2 Å². The number of ether oxygens (including phenoxy) is 3. The van der Waals surface area contributed by atoms with E-state index in [1.54, 1.807) is 48.5 Å². The molecule has 0 bridgehead atoms. The van der Waals surface area contributed by atoms with Gasteiger partial charge in [0.2, 0.25) is 0 Å². The van der Waals surface area contributed by atoms with E-state index in [4.69, 9.17) is 14.2 Å². The summed E-state index contributed by atoms with van der Waals surface area (Å²) in [6.07, 6.45) is 10.2. The van der Waals surface area contributed by atoms with Crippen LogP contribution in [0.25, 0.3) is 0 Å². The monoisotopic (exact) mass is 558 g/mol. The summed E-state index contributed by atoms with van der Waals surface area (Å²) in [6.45, 7) is 6.94. The van der Waals surface area contributed by atoms with Crippen LogP contribution < -0.4 is 9.47 Å². The van der Waals surface area contributed by atoms with Crippen molar-refractivity contribution in [2.45, 2.75) is 84.7 Å². The summed E-state index contributed by atoms with van der Waals surface area (Å²) >= 11 is 0. The average molecular weight is 559 g/mol. The molecule has 0 aliphatic heterocycles. The first-order chi connectivity index (χ1) is 20.0. The van der Waals surface area contributed by atoms with Gasteiger partial charge in [-0.05, 0) is 92.6 Å². The molecule has 0 saturated heterocycles. The number of benzene rings is 3. The molecule has 0 aliphatic carbocycles. The molecule has 0 heterocycles. The first-order valence-electron chi connectivity index (χ1n) is 14.8. The Morgan fingerprint density at radius 3 is 1.78 bits per heavy atom. The normalized spacial score (nSPS) is 11.8. The molecular weight excluding hydrogens is 516 g/mol. The second-order valence-electron chi connectivity index (χ2n) is 10.1. The van der Waals surface area contributed by atoms with Crippen molar-refractivity contribution in [3.8, 4) is 11.5 Å². The lowest BCUT2D eigenvalue weighted by Gasteiger charge is -2.13. The zero-order chi connectivity index (χ0) is 29.3. The predicted molar refractivity (Wildman–Crippen MR) is 162 cm³/mol. The minimum absolute atomic E-state index is 0.137. The van der Waals surface area contributed by atoms with Gasteiger partial charge in [0.1, 0.15) is 11.5 Å². The van der Waals surface area contributed by atoms with E-state index in [1.165, 1.54) is 32.1 Å². The van der Waals surface area contributed by atoms with Crippen molar-refractivity contribution in [2.75, 3.05) is 6.61 Å². The predicted octanol–water partition coefficient (Wildman–Crippen LogP) is 9.80. The third-order valence-corrected chi connectivity index (χ3v) is 6.56. The van der Waals surface area contributed by atoms with Crippen molar-refractivity contribution in [3.05, 3.63) is 83.9 Å². The Hall–Kier alpha value is -4.00. The molecule has 3 aromatic carbocycles. The fraction of sp³-hybridized carbons (Fsp3) is 0.412. The summed E-state index contributed by atoms with van der Waals surface area (Å²) in [5, 5.41) is 8.52. The van der Waals surface area contributed by atoms with Gasteiger partial charge in [0.15, 0.2) is 0 Å². The molecule has 1 atom stereocenters. The van der Waals surface area contributed by atoms with Crippen molar-refractivity contribution in [2.24, 2.45) is 10.2 Å². The van der Waals surface area contributed by atoms with Gasteiger partial charge in [-0.25, -0.2) is 9.59 Å². The Morgan fingerprint density at radius 2 is 1.15 bits per heavy atom. The van der Waals surface area contributed by atoms with Crippen LogP contribution in [-0.4, -0.2) is 24.6 Å². The van der Waals surface area contributed by atoms with E-state index in [1.807, 2.05) is 31.2 Å². The summed E-state index contributed by atoms with van der Waals surface area (Å²) < 4.78 is 16.7. The van der Waals surface area contributed by atoms with Crippen LogP contribution in [0.2, 0.25) is 0 Å². The highest BCUT2D eigenvalue weighted by atomic mass is 16.5. The van der Waals surface area contributed by atoms with Gasteiger partial charge in [-0.3, -0.25) is 0 Å². The van der Waals surface area contributed by atoms with Gasteiger partial charge in [-0.1, -0.05) is 58.8 Å². The first kappa shape index (κ1) is 31.5. The average Bonchev–Trinajstić information content (AvgIpc) is 2.99. The summed E-state index contributed by atoms with van der Waals surface area (Å²) in [7, 11) is 0. The number of unbranched alkanes of at least 4 members (excludes halogenated alkanes) is 6. The number of carbonyl (C=O) groups excluding carboxylic acids is 2. The highest BCUT2D eigenvalue weighted by molar-refractivity contribution is 5.92. The molecule has 0 radical (unpaired) electrons. The number of azo groups is 1. The Labute approximate surface area is 243 Å². The molecule has 0 fully saturated rings. The van der Waals surface area contributed by atoms with Crippen LogP contribution in [0, 0.1) is 0 Å². The number of hydrogen-bond donors (Lipinski definition) is 0. The minimum Gasteiger partial charge on any atom is -0.494 e. The van der Waals surface area contributed by atoms with E-state index in [0.717, 1.165) is 38.0 Å². The number of esters is 2. The van der Waals surface area contributed by atoms with Gasteiger partial charge < -0.3 is 14.2 Å². The van der Waals surface area contributed by atoms with Crippen LogP contribution in [0.5, 0.6) is 11.5 Å². The van der Waals surface area contributed by atoms with Crippen LogP contribution in [0.1, 0.15) is 99.3 Å². The van der Waals surface area contributed by atoms with Crippen molar-refractivity contribution < 1.29 is 23.8 Å².